The maximum Gasteiger partial charge on any atom is 0.212 e. The molecule has 0 bridgehead atoms. The fourth-order valence-electron chi connectivity index (χ4n) is 4.45. The van der Waals surface area contributed by atoms with Crippen LogP contribution in [-0.2, 0) is 9.84 Å². The molecule has 2 fully saturated rings. The van der Waals surface area contributed by atoms with Crippen LogP contribution in [0.4, 0.5) is 4.39 Å². The predicted molar refractivity (Wildman–Crippen MR) is 92.6 cm³/mol. The van der Waals surface area contributed by atoms with E-state index in [4.69, 9.17) is 0 Å². The van der Waals surface area contributed by atoms with Gasteiger partial charge in [-0.1, -0.05) is 12.5 Å². The number of likely N-dealkylation sites (tertiary alicyclic amines) is 1. The van der Waals surface area contributed by atoms with Gasteiger partial charge in [-0.25, -0.2) is 13.4 Å². The summed E-state index contributed by atoms with van der Waals surface area (Å²) in [4.78, 5) is 6.55. The lowest BCUT2D eigenvalue weighted by molar-refractivity contribution is 0.157. The molecule has 0 spiro atoms. The van der Waals surface area contributed by atoms with Crippen molar-refractivity contribution in [2.75, 3.05) is 13.1 Å². The van der Waals surface area contributed by atoms with Crippen molar-refractivity contribution in [1.82, 2.24) is 9.88 Å². The molecule has 3 heterocycles. The molecular formula is C19H19FN2O2S. The molecule has 25 heavy (non-hydrogen) atoms. The summed E-state index contributed by atoms with van der Waals surface area (Å²) in [6.07, 6.45) is 5.12. The normalized spacial score (nSPS) is 27.7. The van der Waals surface area contributed by atoms with E-state index in [1.807, 2.05) is 6.07 Å². The van der Waals surface area contributed by atoms with Gasteiger partial charge in [-0.05, 0) is 48.2 Å². The zero-order valence-corrected chi connectivity index (χ0v) is 14.5. The van der Waals surface area contributed by atoms with Gasteiger partial charge in [0.2, 0.25) is 5.95 Å². The standard InChI is InChI=1S/C19H19FN2O2S/c20-19-7-5-13(9-21-19)12-4-6-17-15(8-12)16-10-22(14-2-1-3-14)11-18(16)25(17,23)24/h4-9,14,16,18H,1-3,10-11H2/t16-,18-/m0/s1. The summed E-state index contributed by atoms with van der Waals surface area (Å²) in [5.74, 6) is -0.464. The summed E-state index contributed by atoms with van der Waals surface area (Å²) in [6.45, 7) is 1.48. The number of hydrogen-bond donors (Lipinski definition) is 0. The molecule has 0 radical (unpaired) electrons. The SMILES string of the molecule is O=S1(=O)c2ccc(-c3ccc(F)nc3)cc2[C@@H]2CN(C3CCC3)C[C@@H]21. The highest BCUT2D eigenvalue weighted by molar-refractivity contribution is 7.92. The van der Waals surface area contributed by atoms with Crippen LogP contribution in [0, 0.1) is 5.95 Å². The van der Waals surface area contributed by atoms with Gasteiger partial charge in [0.25, 0.3) is 0 Å². The average molecular weight is 358 g/mol. The van der Waals surface area contributed by atoms with Crippen molar-refractivity contribution in [2.45, 2.75) is 41.4 Å². The highest BCUT2D eigenvalue weighted by Gasteiger charge is 2.51. The van der Waals surface area contributed by atoms with E-state index in [-0.39, 0.29) is 11.2 Å². The minimum absolute atomic E-state index is 0.0500. The molecule has 2 aliphatic heterocycles. The first kappa shape index (κ1) is 15.5. The molecule has 0 amide bonds. The number of halogens is 1. The van der Waals surface area contributed by atoms with E-state index in [0.717, 1.165) is 23.2 Å². The van der Waals surface area contributed by atoms with Crippen LogP contribution < -0.4 is 0 Å². The number of pyridine rings is 1. The Labute approximate surface area is 146 Å². The zero-order valence-electron chi connectivity index (χ0n) is 13.7. The average Bonchev–Trinajstić information content (AvgIpc) is 3.06. The molecule has 4 nitrogen and oxygen atoms in total. The lowest BCUT2D eigenvalue weighted by atomic mass is 9.91. The molecule has 1 saturated carbocycles. The molecule has 5 rings (SSSR count). The molecule has 2 aromatic rings. The summed E-state index contributed by atoms with van der Waals surface area (Å²) in [5.41, 5.74) is 2.62. The van der Waals surface area contributed by atoms with Crippen LogP contribution in [0.1, 0.15) is 30.7 Å². The van der Waals surface area contributed by atoms with Crippen LogP contribution in [0.15, 0.2) is 41.4 Å². The Hall–Kier alpha value is -1.79. The summed E-state index contributed by atoms with van der Waals surface area (Å²) in [6, 6.07) is 9.06. The van der Waals surface area contributed by atoms with Crippen molar-refractivity contribution < 1.29 is 12.8 Å². The van der Waals surface area contributed by atoms with Gasteiger partial charge in [0.1, 0.15) is 0 Å². The molecule has 0 N–H and O–H groups in total. The van der Waals surface area contributed by atoms with Gasteiger partial charge in [-0.3, -0.25) is 4.90 Å². The first-order valence-corrected chi connectivity index (χ1v) is 10.3. The first-order chi connectivity index (χ1) is 12.0. The minimum atomic E-state index is -3.26. The summed E-state index contributed by atoms with van der Waals surface area (Å²) in [5, 5.41) is -0.315. The molecule has 3 aliphatic rings. The van der Waals surface area contributed by atoms with E-state index in [0.29, 0.717) is 17.5 Å². The Morgan fingerprint density at radius 1 is 1.08 bits per heavy atom. The Morgan fingerprint density at radius 2 is 1.88 bits per heavy atom. The zero-order chi connectivity index (χ0) is 17.2. The third kappa shape index (κ3) is 2.27. The third-order valence-electron chi connectivity index (χ3n) is 6.06. The molecule has 6 heteroatoms. The van der Waals surface area contributed by atoms with Gasteiger partial charge < -0.3 is 0 Å². The quantitative estimate of drug-likeness (QED) is 0.775. The second kappa shape index (κ2) is 5.35. The van der Waals surface area contributed by atoms with Crippen LogP contribution in [0.5, 0.6) is 0 Å². The van der Waals surface area contributed by atoms with Crippen molar-refractivity contribution in [2.24, 2.45) is 0 Å². The Kier molecular flexibility index (Phi) is 3.31. The molecule has 1 aromatic heterocycles. The lowest BCUT2D eigenvalue weighted by Crippen LogP contribution is -2.39. The van der Waals surface area contributed by atoms with E-state index in [1.165, 1.54) is 31.5 Å². The van der Waals surface area contributed by atoms with Gasteiger partial charge in [0.05, 0.1) is 10.1 Å². The Balaban J connectivity index is 1.55. The van der Waals surface area contributed by atoms with Crippen LogP contribution in [0.25, 0.3) is 11.1 Å². The number of fused-ring (bicyclic) bond motifs is 3. The van der Waals surface area contributed by atoms with Gasteiger partial charge in [-0.15, -0.1) is 0 Å². The minimum Gasteiger partial charge on any atom is -0.298 e. The summed E-state index contributed by atoms with van der Waals surface area (Å²) >= 11 is 0. The maximum atomic E-state index is 13.1. The van der Waals surface area contributed by atoms with E-state index in [9.17, 15) is 12.8 Å². The Morgan fingerprint density at radius 3 is 2.56 bits per heavy atom. The molecule has 1 saturated heterocycles. The third-order valence-corrected chi connectivity index (χ3v) is 8.32. The predicted octanol–water partition coefficient (Wildman–Crippen LogP) is 3.00. The van der Waals surface area contributed by atoms with Crippen molar-refractivity contribution in [3.8, 4) is 11.1 Å². The monoisotopic (exact) mass is 358 g/mol. The molecule has 0 unspecified atom stereocenters. The molecular weight excluding hydrogens is 339 g/mol. The van der Waals surface area contributed by atoms with Crippen molar-refractivity contribution in [3.05, 3.63) is 48.0 Å². The summed E-state index contributed by atoms with van der Waals surface area (Å²) < 4.78 is 38.9. The molecule has 2 atom stereocenters. The van der Waals surface area contributed by atoms with Crippen LogP contribution in [-0.4, -0.2) is 42.7 Å². The number of nitrogens with zero attached hydrogens (tertiary/aromatic N) is 2. The van der Waals surface area contributed by atoms with Crippen molar-refractivity contribution in [1.29, 1.82) is 0 Å². The lowest BCUT2D eigenvalue weighted by Gasteiger charge is -2.35. The second-order valence-electron chi connectivity index (χ2n) is 7.35. The topological polar surface area (TPSA) is 50.3 Å². The largest absolute Gasteiger partial charge is 0.298 e. The number of aromatic nitrogens is 1. The van der Waals surface area contributed by atoms with E-state index in [1.54, 1.807) is 18.2 Å². The van der Waals surface area contributed by atoms with E-state index in [2.05, 4.69) is 9.88 Å². The van der Waals surface area contributed by atoms with Gasteiger partial charge in [-0.2, -0.15) is 4.39 Å². The number of sulfone groups is 1. The van der Waals surface area contributed by atoms with Gasteiger partial charge in [0.15, 0.2) is 9.84 Å². The fraction of sp³-hybridized carbons (Fsp3) is 0.421. The van der Waals surface area contributed by atoms with Gasteiger partial charge >= 0.3 is 0 Å². The van der Waals surface area contributed by atoms with E-state index >= 15 is 0 Å². The fourth-order valence-corrected chi connectivity index (χ4v) is 6.63. The van der Waals surface area contributed by atoms with Crippen LogP contribution in [0.2, 0.25) is 0 Å². The molecule has 1 aromatic carbocycles. The van der Waals surface area contributed by atoms with Crippen LogP contribution in [0.3, 0.4) is 0 Å². The first-order valence-electron chi connectivity index (χ1n) is 8.78. The highest BCUT2D eigenvalue weighted by Crippen LogP contribution is 2.47. The smallest absolute Gasteiger partial charge is 0.212 e. The van der Waals surface area contributed by atoms with E-state index < -0.39 is 15.8 Å². The molecule has 1 aliphatic carbocycles. The van der Waals surface area contributed by atoms with Crippen molar-refractivity contribution >= 4 is 9.84 Å². The molecule has 130 valence electrons. The maximum absolute atomic E-state index is 13.1. The second-order valence-corrected chi connectivity index (χ2v) is 9.49. The Bertz CT molecular complexity index is 938. The summed E-state index contributed by atoms with van der Waals surface area (Å²) in [7, 11) is -3.26. The highest BCUT2D eigenvalue weighted by atomic mass is 32.2. The number of rotatable bonds is 2. The number of benzene rings is 1. The van der Waals surface area contributed by atoms with Crippen LogP contribution >= 0.6 is 0 Å². The number of hydrogen-bond acceptors (Lipinski definition) is 4. The van der Waals surface area contributed by atoms with Crippen molar-refractivity contribution in [3.63, 3.8) is 0 Å². The van der Waals surface area contributed by atoms with Gasteiger partial charge in [0, 0.05) is 36.8 Å².